The molecule has 2 nitrogen and oxygen atoms in total. The van der Waals surface area contributed by atoms with Gasteiger partial charge in [-0.25, -0.2) is 0 Å². The Kier molecular flexibility index (Phi) is 5.51. The Morgan fingerprint density at radius 2 is 2.23 bits per heavy atom. The Morgan fingerprint density at radius 3 is 2.85 bits per heavy atom. The summed E-state index contributed by atoms with van der Waals surface area (Å²) in [5.41, 5.74) is 0. The SMILES string of the molecule is C=CC(C)NCCN1CCSCC1. The molecule has 0 aromatic rings. The van der Waals surface area contributed by atoms with Gasteiger partial charge in [0.2, 0.25) is 0 Å². The highest BCUT2D eigenvalue weighted by Gasteiger charge is 2.09. The molecule has 1 heterocycles. The van der Waals surface area contributed by atoms with E-state index in [1.165, 1.54) is 31.1 Å². The number of nitrogens with zero attached hydrogens (tertiary/aromatic N) is 1. The van der Waals surface area contributed by atoms with Crippen LogP contribution in [0.4, 0.5) is 0 Å². The smallest absolute Gasteiger partial charge is 0.0219 e. The van der Waals surface area contributed by atoms with E-state index in [0.717, 1.165) is 6.54 Å². The van der Waals surface area contributed by atoms with Crippen LogP contribution < -0.4 is 5.32 Å². The van der Waals surface area contributed by atoms with Crippen LogP contribution in [0.1, 0.15) is 6.92 Å². The molecule has 0 radical (unpaired) electrons. The number of nitrogens with one attached hydrogen (secondary N) is 1. The van der Waals surface area contributed by atoms with E-state index in [1.807, 2.05) is 6.08 Å². The van der Waals surface area contributed by atoms with Gasteiger partial charge < -0.3 is 10.2 Å². The largest absolute Gasteiger partial charge is 0.310 e. The van der Waals surface area contributed by atoms with Crippen LogP contribution in [-0.4, -0.2) is 48.6 Å². The molecule has 1 fully saturated rings. The molecule has 0 bridgehead atoms. The molecule has 1 aliphatic rings. The number of thioether (sulfide) groups is 1. The zero-order valence-corrected chi connectivity index (χ0v) is 9.28. The molecule has 0 amide bonds. The second kappa shape index (κ2) is 6.46. The highest BCUT2D eigenvalue weighted by Crippen LogP contribution is 2.07. The van der Waals surface area contributed by atoms with E-state index in [4.69, 9.17) is 0 Å². The summed E-state index contributed by atoms with van der Waals surface area (Å²) < 4.78 is 0. The lowest BCUT2D eigenvalue weighted by atomic mass is 10.3. The molecule has 0 aromatic carbocycles. The van der Waals surface area contributed by atoms with Gasteiger partial charge >= 0.3 is 0 Å². The maximum atomic E-state index is 3.75. The van der Waals surface area contributed by atoms with Crippen LogP contribution in [0.25, 0.3) is 0 Å². The Hall–Kier alpha value is 0.0100. The van der Waals surface area contributed by atoms with Crippen LogP contribution >= 0.6 is 11.8 Å². The van der Waals surface area contributed by atoms with Crippen LogP contribution in [0.15, 0.2) is 12.7 Å². The molecule has 76 valence electrons. The summed E-state index contributed by atoms with van der Waals surface area (Å²) >= 11 is 2.06. The van der Waals surface area contributed by atoms with Gasteiger partial charge in [-0.3, -0.25) is 0 Å². The highest BCUT2D eigenvalue weighted by molar-refractivity contribution is 7.99. The molecular formula is C10H20N2S. The van der Waals surface area contributed by atoms with Gasteiger partial charge in [-0.2, -0.15) is 11.8 Å². The summed E-state index contributed by atoms with van der Waals surface area (Å²) in [7, 11) is 0. The minimum atomic E-state index is 0.444. The number of hydrogen-bond donors (Lipinski definition) is 1. The fraction of sp³-hybridized carbons (Fsp3) is 0.800. The average Bonchev–Trinajstić information content (AvgIpc) is 2.19. The van der Waals surface area contributed by atoms with Crippen LogP contribution in [0.5, 0.6) is 0 Å². The molecule has 1 rings (SSSR count). The maximum Gasteiger partial charge on any atom is 0.0219 e. The molecule has 13 heavy (non-hydrogen) atoms. The third kappa shape index (κ3) is 4.69. The van der Waals surface area contributed by atoms with Gasteiger partial charge in [-0.1, -0.05) is 6.08 Å². The average molecular weight is 200 g/mol. The van der Waals surface area contributed by atoms with Crippen molar-refractivity contribution in [3.8, 4) is 0 Å². The molecule has 1 atom stereocenters. The molecule has 1 aliphatic heterocycles. The van der Waals surface area contributed by atoms with Gasteiger partial charge in [-0.05, 0) is 6.92 Å². The van der Waals surface area contributed by atoms with Crippen LogP contribution in [0.2, 0.25) is 0 Å². The van der Waals surface area contributed by atoms with Crippen molar-refractivity contribution in [3.05, 3.63) is 12.7 Å². The van der Waals surface area contributed by atoms with Gasteiger partial charge in [0.25, 0.3) is 0 Å². The predicted octanol–water partition coefficient (Wildman–Crippen LogP) is 1.20. The summed E-state index contributed by atoms with van der Waals surface area (Å²) in [6.07, 6.45) is 1.95. The zero-order chi connectivity index (χ0) is 9.52. The lowest BCUT2D eigenvalue weighted by molar-refractivity contribution is 0.299. The predicted molar refractivity (Wildman–Crippen MR) is 61.4 cm³/mol. The van der Waals surface area contributed by atoms with E-state index in [1.54, 1.807) is 0 Å². The minimum Gasteiger partial charge on any atom is -0.310 e. The van der Waals surface area contributed by atoms with Gasteiger partial charge in [0.1, 0.15) is 0 Å². The second-order valence-electron chi connectivity index (χ2n) is 3.43. The quantitative estimate of drug-likeness (QED) is 0.671. The van der Waals surface area contributed by atoms with Gasteiger partial charge in [0, 0.05) is 43.7 Å². The molecule has 1 saturated heterocycles. The van der Waals surface area contributed by atoms with Crippen molar-refractivity contribution >= 4 is 11.8 Å². The first kappa shape index (κ1) is 11.1. The molecule has 0 aromatic heterocycles. The third-order valence-electron chi connectivity index (χ3n) is 2.35. The summed E-state index contributed by atoms with van der Waals surface area (Å²) in [5.74, 6) is 2.61. The summed E-state index contributed by atoms with van der Waals surface area (Å²) in [4.78, 5) is 2.53. The van der Waals surface area contributed by atoms with Crippen molar-refractivity contribution in [2.45, 2.75) is 13.0 Å². The van der Waals surface area contributed by atoms with E-state index >= 15 is 0 Å². The second-order valence-corrected chi connectivity index (χ2v) is 4.66. The molecule has 1 unspecified atom stereocenters. The van der Waals surface area contributed by atoms with E-state index in [2.05, 4.69) is 35.5 Å². The highest BCUT2D eigenvalue weighted by atomic mass is 32.2. The molecule has 0 spiro atoms. The van der Waals surface area contributed by atoms with Gasteiger partial charge in [0.15, 0.2) is 0 Å². The minimum absolute atomic E-state index is 0.444. The van der Waals surface area contributed by atoms with Crippen molar-refractivity contribution in [1.29, 1.82) is 0 Å². The Bertz CT molecular complexity index is 144. The zero-order valence-electron chi connectivity index (χ0n) is 8.46. The molecule has 3 heteroatoms. The third-order valence-corrected chi connectivity index (χ3v) is 3.29. The van der Waals surface area contributed by atoms with E-state index in [9.17, 15) is 0 Å². The fourth-order valence-corrected chi connectivity index (χ4v) is 2.34. The van der Waals surface area contributed by atoms with E-state index in [-0.39, 0.29) is 0 Å². The Labute approximate surface area is 85.8 Å². The van der Waals surface area contributed by atoms with Crippen molar-refractivity contribution in [2.75, 3.05) is 37.7 Å². The summed E-state index contributed by atoms with van der Waals surface area (Å²) in [5, 5.41) is 3.41. The standard InChI is InChI=1S/C10H20N2S/c1-3-10(2)11-4-5-12-6-8-13-9-7-12/h3,10-11H,1,4-9H2,2H3. The fourth-order valence-electron chi connectivity index (χ4n) is 1.36. The first-order chi connectivity index (χ1) is 6.33. The normalized spacial score (nSPS) is 21.3. The summed E-state index contributed by atoms with van der Waals surface area (Å²) in [6.45, 7) is 10.7. The molecule has 0 aliphatic carbocycles. The Morgan fingerprint density at radius 1 is 1.54 bits per heavy atom. The summed E-state index contributed by atoms with van der Waals surface area (Å²) in [6, 6.07) is 0.444. The van der Waals surface area contributed by atoms with Gasteiger partial charge in [-0.15, -0.1) is 6.58 Å². The van der Waals surface area contributed by atoms with Crippen LogP contribution in [0, 0.1) is 0 Å². The number of rotatable bonds is 5. The van der Waals surface area contributed by atoms with Gasteiger partial charge in [0.05, 0.1) is 0 Å². The van der Waals surface area contributed by atoms with Crippen LogP contribution in [-0.2, 0) is 0 Å². The Balaban J connectivity index is 2.01. The topological polar surface area (TPSA) is 15.3 Å². The first-order valence-corrected chi connectivity index (χ1v) is 6.14. The number of hydrogen-bond acceptors (Lipinski definition) is 3. The maximum absolute atomic E-state index is 3.75. The van der Waals surface area contributed by atoms with Crippen LogP contribution in [0.3, 0.4) is 0 Å². The van der Waals surface area contributed by atoms with Crippen molar-refractivity contribution < 1.29 is 0 Å². The lowest BCUT2D eigenvalue weighted by Crippen LogP contribution is -2.39. The molecular weight excluding hydrogens is 180 g/mol. The van der Waals surface area contributed by atoms with Crippen molar-refractivity contribution in [2.24, 2.45) is 0 Å². The monoisotopic (exact) mass is 200 g/mol. The first-order valence-electron chi connectivity index (χ1n) is 4.99. The molecule has 1 N–H and O–H groups in total. The molecule has 0 saturated carbocycles. The van der Waals surface area contributed by atoms with Crippen molar-refractivity contribution in [3.63, 3.8) is 0 Å². The van der Waals surface area contributed by atoms with Crippen molar-refractivity contribution in [1.82, 2.24) is 10.2 Å². The lowest BCUT2D eigenvalue weighted by Gasteiger charge is -2.26. The van der Waals surface area contributed by atoms with E-state index < -0.39 is 0 Å². The van der Waals surface area contributed by atoms with E-state index in [0.29, 0.717) is 6.04 Å².